The summed E-state index contributed by atoms with van der Waals surface area (Å²) in [7, 11) is 0. The Morgan fingerprint density at radius 2 is 2.04 bits per heavy atom. The quantitative estimate of drug-likeness (QED) is 0.909. The number of benzene rings is 1. The van der Waals surface area contributed by atoms with Gasteiger partial charge in [-0.25, -0.2) is 4.98 Å². The first kappa shape index (κ1) is 16.3. The first-order valence-electron chi connectivity index (χ1n) is 8.33. The number of rotatable bonds is 3. The number of likely N-dealkylation sites (tertiary alicyclic amines) is 1. The van der Waals surface area contributed by atoms with E-state index >= 15 is 0 Å². The molecule has 126 valence electrons. The molecule has 0 atom stereocenters. The predicted octanol–water partition coefficient (Wildman–Crippen LogP) is 2.77. The highest BCUT2D eigenvalue weighted by Gasteiger charge is 2.26. The van der Waals surface area contributed by atoms with E-state index in [0.29, 0.717) is 17.3 Å². The molecule has 1 fully saturated rings. The van der Waals surface area contributed by atoms with E-state index < -0.39 is 0 Å². The molecule has 3 N–H and O–H groups in total. The number of nitrogens with zero attached hydrogens (tertiary/aromatic N) is 2. The van der Waals surface area contributed by atoms with Crippen molar-refractivity contribution in [3.05, 3.63) is 53.2 Å². The molecule has 3 rings (SSSR count). The summed E-state index contributed by atoms with van der Waals surface area (Å²) in [5.74, 6) is 1.08. The average Bonchev–Trinajstić information content (AvgIpc) is 2.57. The summed E-state index contributed by atoms with van der Waals surface area (Å²) in [5.41, 5.74) is 8.05. The summed E-state index contributed by atoms with van der Waals surface area (Å²) in [6, 6.07) is 9.03. The highest BCUT2D eigenvalue weighted by Crippen LogP contribution is 2.26. The van der Waals surface area contributed by atoms with Gasteiger partial charge in [-0.05, 0) is 55.4 Å². The molecule has 5 nitrogen and oxygen atoms in total. The smallest absolute Gasteiger partial charge is 0.257 e. The van der Waals surface area contributed by atoms with E-state index in [-0.39, 0.29) is 11.7 Å². The molecular weight excluding hydrogens is 302 g/mol. The molecule has 0 bridgehead atoms. The number of phenols is 1. The topological polar surface area (TPSA) is 79.5 Å². The molecule has 1 amide bonds. The van der Waals surface area contributed by atoms with Crippen LogP contribution in [0.25, 0.3) is 0 Å². The number of pyridine rings is 1. The molecular formula is C19H23N3O2. The van der Waals surface area contributed by atoms with Gasteiger partial charge in [0, 0.05) is 19.3 Å². The van der Waals surface area contributed by atoms with Crippen molar-refractivity contribution in [2.75, 3.05) is 18.8 Å². The minimum absolute atomic E-state index is 0.0649. The first-order valence-corrected chi connectivity index (χ1v) is 8.33. The number of hydrogen-bond acceptors (Lipinski definition) is 4. The maximum Gasteiger partial charge on any atom is 0.257 e. The Balaban J connectivity index is 1.60. The summed E-state index contributed by atoms with van der Waals surface area (Å²) < 4.78 is 0. The van der Waals surface area contributed by atoms with Crippen molar-refractivity contribution in [3.8, 4) is 5.75 Å². The third kappa shape index (κ3) is 3.50. The minimum atomic E-state index is -0.0711. The third-order valence-corrected chi connectivity index (χ3v) is 4.74. The van der Waals surface area contributed by atoms with Crippen LogP contribution in [0, 0.1) is 12.8 Å². The lowest BCUT2D eigenvalue weighted by molar-refractivity contribution is 0.0687. The van der Waals surface area contributed by atoms with Crippen LogP contribution in [0.4, 0.5) is 5.82 Å². The lowest BCUT2D eigenvalue weighted by atomic mass is 9.90. The van der Waals surface area contributed by atoms with E-state index in [9.17, 15) is 9.90 Å². The van der Waals surface area contributed by atoms with Crippen molar-refractivity contribution in [2.24, 2.45) is 5.92 Å². The number of carbonyl (C=O) groups excluding carboxylic acids is 1. The average molecular weight is 325 g/mol. The molecule has 1 aromatic carbocycles. The third-order valence-electron chi connectivity index (χ3n) is 4.74. The highest BCUT2D eigenvalue weighted by atomic mass is 16.3. The molecule has 2 aromatic rings. The van der Waals surface area contributed by atoms with Crippen LogP contribution in [0.5, 0.6) is 5.75 Å². The molecule has 0 radical (unpaired) electrons. The van der Waals surface area contributed by atoms with Gasteiger partial charge in [0.2, 0.25) is 0 Å². The number of aryl methyl sites for hydroxylation is 1. The number of hydrogen-bond donors (Lipinski definition) is 2. The number of carbonyl (C=O) groups is 1. The van der Waals surface area contributed by atoms with Gasteiger partial charge in [-0.3, -0.25) is 4.79 Å². The van der Waals surface area contributed by atoms with Crippen LogP contribution in [0.1, 0.15) is 34.3 Å². The molecule has 0 aliphatic carbocycles. The van der Waals surface area contributed by atoms with Crippen LogP contribution in [0.15, 0.2) is 36.5 Å². The Hall–Kier alpha value is -2.56. The van der Waals surface area contributed by atoms with Gasteiger partial charge < -0.3 is 15.7 Å². The largest absolute Gasteiger partial charge is 0.507 e. The second-order valence-corrected chi connectivity index (χ2v) is 6.50. The molecule has 1 aliphatic rings. The molecule has 0 saturated carbocycles. The molecule has 1 aliphatic heterocycles. The second-order valence-electron chi connectivity index (χ2n) is 6.50. The van der Waals surface area contributed by atoms with E-state index in [1.807, 2.05) is 36.2 Å². The van der Waals surface area contributed by atoms with E-state index in [2.05, 4.69) is 4.98 Å². The lowest BCUT2D eigenvalue weighted by Gasteiger charge is -2.32. The second kappa shape index (κ2) is 6.91. The normalized spacial score (nSPS) is 15.5. The molecule has 1 saturated heterocycles. The fraction of sp³-hybridized carbons (Fsp3) is 0.368. The van der Waals surface area contributed by atoms with Crippen LogP contribution >= 0.6 is 0 Å². The zero-order valence-electron chi connectivity index (χ0n) is 13.9. The maximum absolute atomic E-state index is 12.7. The van der Waals surface area contributed by atoms with Gasteiger partial charge in [0.05, 0.1) is 5.56 Å². The Labute approximate surface area is 142 Å². The number of nitrogen functional groups attached to an aromatic ring is 1. The summed E-state index contributed by atoms with van der Waals surface area (Å²) in [6.45, 7) is 3.30. The van der Waals surface area contributed by atoms with Gasteiger partial charge in [-0.1, -0.05) is 18.2 Å². The van der Waals surface area contributed by atoms with Gasteiger partial charge in [0.15, 0.2) is 0 Å². The van der Waals surface area contributed by atoms with Gasteiger partial charge in [-0.2, -0.15) is 0 Å². The Bertz CT molecular complexity index is 700. The summed E-state index contributed by atoms with van der Waals surface area (Å²) in [6.07, 6.45) is 4.72. The number of anilines is 1. The van der Waals surface area contributed by atoms with Gasteiger partial charge in [-0.15, -0.1) is 0 Å². The van der Waals surface area contributed by atoms with Gasteiger partial charge in [0.25, 0.3) is 5.91 Å². The van der Waals surface area contributed by atoms with Crippen molar-refractivity contribution in [1.29, 1.82) is 0 Å². The monoisotopic (exact) mass is 325 g/mol. The van der Waals surface area contributed by atoms with Crippen LogP contribution < -0.4 is 5.73 Å². The van der Waals surface area contributed by atoms with Gasteiger partial charge in [0.1, 0.15) is 11.6 Å². The van der Waals surface area contributed by atoms with Gasteiger partial charge >= 0.3 is 0 Å². The van der Waals surface area contributed by atoms with Crippen LogP contribution in [0.2, 0.25) is 0 Å². The van der Waals surface area contributed by atoms with E-state index in [1.165, 1.54) is 5.56 Å². The lowest BCUT2D eigenvalue weighted by Crippen LogP contribution is -2.39. The fourth-order valence-corrected chi connectivity index (χ4v) is 3.32. The molecule has 2 heterocycles. The van der Waals surface area contributed by atoms with Crippen LogP contribution in [-0.4, -0.2) is 34.0 Å². The van der Waals surface area contributed by atoms with E-state index in [1.54, 1.807) is 12.1 Å². The fourth-order valence-electron chi connectivity index (χ4n) is 3.32. The van der Waals surface area contributed by atoms with Crippen molar-refractivity contribution in [3.63, 3.8) is 0 Å². The minimum Gasteiger partial charge on any atom is -0.507 e. The Morgan fingerprint density at radius 1 is 1.29 bits per heavy atom. The molecule has 0 unspecified atom stereocenters. The Kier molecular flexibility index (Phi) is 4.69. The van der Waals surface area contributed by atoms with Crippen molar-refractivity contribution in [1.82, 2.24) is 9.88 Å². The number of piperidine rings is 1. The standard InChI is InChI=1S/C19H23N3O2/c1-13-3-2-4-16(23)18(13)19(24)22-9-7-14(8-10-22)11-15-5-6-17(20)21-12-15/h2-6,12,14,23H,7-11H2,1H3,(H2,20,21). The first-order chi connectivity index (χ1) is 11.5. The van der Waals surface area contributed by atoms with E-state index in [4.69, 9.17) is 5.73 Å². The molecule has 1 aromatic heterocycles. The van der Waals surface area contributed by atoms with Crippen molar-refractivity contribution < 1.29 is 9.90 Å². The van der Waals surface area contributed by atoms with Crippen LogP contribution in [-0.2, 0) is 6.42 Å². The summed E-state index contributed by atoms with van der Waals surface area (Å²) in [4.78, 5) is 18.7. The highest BCUT2D eigenvalue weighted by molar-refractivity contribution is 5.98. The number of phenolic OH excluding ortho intramolecular Hbond substituents is 1. The number of aromatic hydroxyl groups is 1. The number of amides is 1. The number of nitrogens with two attached hydrogens (primary N) is 1. The summed E-state index contributed by atoms with van der Waals surface area (Å²) >= 11 is 0. The van der Waals surface area contributed by atoms with E-state index in [0.717, 1.165) is 37.9 Å². The number of aromatic nitrogens is 1. The Morgan fingerprint density at radius 3 is 2.67 bits per heavy atom. The summed E-state index contributed by atoms with van der Waals surface area (Å²) in [5, 5.41) is 10.00. The molecule has 0 spiro atoms. The SMILES string of the molecule is Cc1cccc(O)c1C(=O)N1CCC(Cc2ccc(N)nc2)CC1. The zero-order valence-corrected chi connectivity index (χ0v) is 13.9. The predicted molar refractivity (Wildman–Crippen MR) is 93.8 cm³/mol. The molecule has 24 heavy (non-hydrogen) atoms. The zero-order chi connectivity index (χ0) is 17.1. The van der Waals surface area contributed by atoms with Crippen LogP contribution in [0.3, 0.4) is 0 Å². The van der Waals surface area contributed by atoms with Crippen molar-refractivity contribution >= 4 is 11.7 Å². The maximum atomic E-state index is 12.7. The molecule has 5 heteroatoms. The van der Waals surface area contributed by atoms with Crippen molar-refractivity contribution in [2.45, 2.75) is 26.2 Å².